The Bertz CT molecular complexity index is 182. The SMILES string of the molecule is CN(C)C1CCCC(NC(N)=O)C1. The Hall–Kier alpha value is -0.770. The number of rotatable bonds is 2. The summed E-state index contributed by atoms with van der Waals surface area (Å²) in [5.74, 6) is 0. The molecule has 1 fully saturated rings. The zero-order chi connectivity index (χ0) is 9.84. The van der Waals surface area contributed by atoms with Crippen molar-refractivity contribution in [3.8, 4) is 0 Å². The predicted octanol–water partition coefficient (Wildman–Crippen LogP) is 0.528. The molecular weight excluding hydrogens is 166 g/mol. The molecule has 2 unspecified atom stereocenters. The second kappa shape index (κ2) is 4.46. The third-order valence-corrected chi connectivity index (χ3v) is 2.72. The first-order chi connectivity index (χ1) is 6.09. The van der Waals surface area contributed by atoms with E-state index in [9.17, 15) is 4.79 Å². The third-order valence-electron chi connectivity index (χ3n) is 2.72. The van der Waals surface area contributed by atoms with Gasteiger partial charge in [-0.3, -0.25) is 0 Å². The first kappa shape index (κ1) is 10.3. The molecule has 1 aliphatic carbocycles. The molecule has 1 rings (SSSR count). The lowest BCUT2D eigenvalue weighted by molar-refractivity contribution is 0.196. The van der Waals surface area contributed by atoms with E-state index in [0.29, 0.717) is 6.04 Å². The fourth-order valence-corrected chi connectivity index (χ4v) is 1.97. The molecule has 76 valence electrons. The number of nitrogens with zero attached hydrogens (tertiary/aromatic N) is 1. The van der Waals surface area contributed by atoms with Crippen molar-refractivity contribution in [2.45, 2.75) is 37.8 Å². The molecule has 2 amide bonds. The molecule has 0 aromatic carbocycles. The van der Waals surface area contributed by atoms with E-state index >= 15 is 0 Å². The smallest absolute Gasteiger partial charge is 0.312 e. The van der Waals surface area contributed by atoms with Crippen molar-refractivity contribution >= 4 is 6.03 Å². The van der Waals surface area contributed by atoms with Gasteiger partial charge in [-0.05, 0) is 39.8 Å². The molecule has 4 heteroatoms. The van der Waals surface area contributed by atoms with E-state index in [-0.39, 0.29) is 6.04 Å². The van der Waals surface area contributed by atoms with Gasteiger partial charge in [0.2, 0.25) is 0 Å². The molecule has 1 saturated carbocycles. The molecule has 0 aliphatic heterocycles. The van der Waals surface area contributed by atoms with Gasteiger partial charge in [-0.1, -0.05) is 0 Å². The molecule has 0 aromatic rings. The topological polar surface area (TPSA) is 58.4 Å². The highest BCUT2D eigenvalue weighted by Gasteiger charge is 2.23. The fraction of sp³-hybridized carbons (Fsp3) is 0.889. The minimum absolute atomic E-state index is 0.277. The van der Waals surface area contributed by atoms with Crippen LogP contribution in [0.15, 0.2) is 0 Å². The maximum atomic E-state index is 10.6. The summed E-state index contributed by atoms with van der Waals surface area (Å²) in [6, 6.07) is 0.466. The maximum Gasteiger partial charge on any atom is 0.312 e. The van der Waals surface area contributed by atoms with Crippen molar-refractivity contribution in [3.05, 3.63) is 0 Å². The van der Waals surface area contributed by atoms with Gasteiger partial charge in [0.15, 0.2) is 0 Å². The summed E-state index contributed by atoms with van der Waals surface area (Å²) in [5.41, 5.74) is 5.08. The van der Waals surface area contributed by atoms with Crippen LogP contribution in [-0.4, -0.2) is 37.1 Å². The number of urea groups is 1. The van der Waals surface area contributed by atoms with E-state index < -0.39 is 6.03 Å². The highest BCUT2D eigenvalue weighted by atomic mass is 16.2. The van der Waals surface area contributed by atoms with Gasteiger partial charge in [0, 0.05) is 12.1 Å². The van der Waals surface area contributed by atoms with Crippen molar-refractivity contribution in [2.24, 2.45) is 5.73 Å². The van der Waals surface area contributed by atoms with Crippen LogP contribution < -0.4 is 11.1 Å². The van der Waals surface area contributed by atoms with E-state index in [0.717, 1.165) is 12.8 Å². The van der Waals surface area contributed by atoms with Crippen LogP contribution >= 0.6 is 0 Å². The summed E-state index contributed by atoms with van der Waals surface area (Å²) >= 11 is 0. The van der Waals surface area contributed by atoms with E-state index in [1.807, 2.05) is 0 Å². The van der Waals surface area contributed by atoms with Crippen LogP contribution in [0.5, 0.6) is 0 Å². The Morgan fingerprint density at radius 3 is 2.69 bits per heavy atom. The number of hydrogen-bond acceptors (Lipinski definition) is 2. The molecule has 0 heterocycles. The Labute approximate surface area is 79.5 Å². The molecule has 2 atom stereocenters. The van der Waals surface area contributed by atoms with Crippen LogP contribution in [-0.2, 0) is 0 Å². The van der Waals surface area contributed by atoms with Gasteiger partial charge >= 0.3 is 6.03 Å². The minimum Gasteiger partial charge on any atom is -0.352 e. The largest absolute Gasteiger partial charge is 0.352 e. The molecule has 0 radical (unpaired) electrons. The maximum absolute atomic E-state index is 10.6. The molecule has 3 N–H and O–H groups in total. The quantitative estimate of drug-likeness (QED) is 0.659. The van der Waals surface area contributed by atoms with Crippen molar-refractivity contribution < 1.29 is 4.79 Å². The lowest BCUT2D eigenvalue weighted by atomic mass is 9.90. The van der Waals surface area contributed by atoms with Gasteiger partial charge < -0.3 is 16.0 Å². The highest BCUT2D eigenvalue weighted by molar-refractivity contribution is 5.71. The first-order valence-corrected chi connectivity index (χ1v) is 4.82. The van der Waals surface area contributed by atoms with Gasteiger partial charge in [-0.15, -0.1) is 0 Å². The molecule has 13 heavy (non-hydrogen) atoms. The summed E-state index contributed by atoms with van der Waals surface area (Å²) in [5, 5.41) is 2.78. The average molecular weight is 185 g/mol. The Morgan fingerprint density at radius 2 is 2.15 bits per heavy atom. The van der Waals surface area contributed by atoms with E-state index in [1.165, 1.54) is 12.8 Å². The molecule has 1 aliphatic rings. The summed E-state index contributed by atoms with van der Waals surface area (Å²) in [4.78, 5) is 12.9. The van der Waals surface area contributed by atoms with Crippen LogP contribution in [0, 0.1) is 0 Å². The second-order valence-corrected chi connectivity index (χ2v) is 3.99. The molecule has 0 saturated heterocycles. The zero-order valence-corrected chi connectivity index (χ0v) is 8.42. The lowest BCUT2D eigenvalue weighted by Crippen LogP contribution is -2.45. The van der Waals surface area contributed by atoms with Crippen molar-refractivity contribution in [3.63, 3.8) is 0 Å². The first-order valence-electron chi connectivity index (χ1n) is 4.82. The minimum atomic E-state index is -0.399. The van der Waals surface area contributed by atoms with Crippen molar-refractivity contribution in [1.82, 2.24) is 10.2 Å². The summed E-state index contributed by atoms with van der Waals surface area (Å²) in [7, 11) is 4.16. The Morgan fingerprint density at radius 1 is 1.46 bits per heavy atom. The van der Waals surface area contributed by atoms with Gasteiger partial charge in [0.05, 0.1) is 0 Å². The van der Waals surface area contributed by atoms with Crippen LogP contribution in [0.2, 0.25) is 0 Å². The van der Waals surface area contributed by atoms with Gasteiger partial charge in [0.1, 0.15) is 0 Å². The second-order valence-electron chi connectivity index (χ2n) is 3.99. The molecule has 0 bridgehead atoms. The zero-order valence-electron chi connectivity index (χ0n) is 8.42. The van der Waals surface area contributed by atoms with Gasteiger partial charge in [-0.25, -0.2) is 4.79 Å². The van der Waals surface area contributed by atoms with E-state index in [2.05, 4.69) is 24.3 Å². The number of nitrogens with one attached hydrogen (secondary N) is 1. The van der Waals surface area contributed by atoms with Crippen LogP contribution in [0.3, 0.4) is 0 Å². The predicted molar refractivity (Wildman–Crippen MR) is 52.5 cm³/mol. The van der Waals surface area contributed by atoms with Crippen molar-refractivity contribution in [2.75, 3.05) is 14.1 Å². The number of amides is 2. The highest BCUT2D eigenvalue weighted by Crippen LogP contribution is 2.21. The number of carbonyl (C=O) groups excluding carboxylic acids is 1. The summed E-state index contributed by atoms with van der Waals surface area (Å²) < 4.78 is 0. The summed E-state index contributed by atoms with van der Waals surface area (Å²) in [6.45, 7) is 0. The molecule has 4 nitrogen and oxygen atoms in total. The Balaban J connectivity index is 2.37. The van der Waals surface area contributed by atoms with Gasteiger partial charge in [0.25, 0.3) is 0 Å². The van der Waals surface area contributed by atoms with E-state index in [4.69, 9.17) is 5.73 Å². The monoisotopic (exact) mass is 185 g/mol. The number of carbonyl (C=O) groups is 1. The molecule has 0 spiro atoms. The average Bonchev–Trinajstić information content (AvgIpc) is 2.03. The van der Waals surface area contributed by atoms with Crippen LogP contribution in [0.4, 0.5) is 4.79 Å². The number of hydrogen-bond donors (Lipinski definition) is 2. The Kier molecular flexibility index (Phi) is 3.54. The summed E-state index contributed by atoms with van der Waals surface area (Å²) in [6.07, 6.45) is 4.49. The number of primary amides is 1. The standard InChI is InChI=1S/C9H19N3O/c1-12(2)8-5-3-4-7(6-8)11-9(10)13/h7-8H,3-6H2,1-2H3,(H3,10,11,13). The van der Waals surface area contributed by atoms with Crippen molar-refractivity contribution in [1.29, 1.82) is 0 Å². The third kappa shape index (κ3) is 3.22. The molecular formula is C9H19N3O. The van der Waals surface area contributed by atoms with E-state index in [1.54, 1.807) is 0 Å². The normalized spacial score (nSPS) is 28.8. The fourth-order valence-electron chi connectivity index (χ4n) is 1.97. The number of nitrogens with two attached hydrogens (primary N) is 1. The van der Waals surface area contributed by atoms with Crippen LogP contribution in [0.1, 0.15) is 25.7 Å². The van der Waals surface area contributed by atoms with Crippen LogP contribution in [0.25, 0.3) is 0 Å². The lowest BCUT2D eigenvalue weighted by Gasteiger charge is -2.33. The molecule has 0 aromatic heterocycles. The van der Waals surface area contributed by atoms with Gasteiger partial charge in [-0.2, -0.15) is 0 Å².